The lowest BCUT2D eigenvalue weighted by atomic mass is 10.2. The van der Waals surface area contributed by atoms with Crippen molar-refractivity contribution < 1.29 is 0 Å². The molecule has 14 heavy (non-hydrogen) atoms. The molecule has 2 aromatic rings. The van der Waals surface area contributed by atoms with E-state index in [0.29, 0.717) is 0 Å². The van der Waals surface area contributed by atoms with E-state index in [2.05, 4.69) is 21.0 Å². The molecule has 2 heterocycles. The summed E-state index contributed by atoms with van der Waals surface area (Å²) in [6.45, 7) is 2.03. The predicted molar refractivity (Wildman–Crippen MR) is 53.8 cm³/mol. The second kappa shape index (κ2) is 3.96. The normalized spacial score (nSPS) is 10.1. The van der Waals surface area contributed by atoms with Crippen LogP contribution in [0.5, 0.6) is 0 Å². The summed E-state index contributed by atoms with van der Waals surface area (Å²) in [4.78, 5) is 12.5. The molecule has 3 nitrogen and oxygen atoms in total. The number of rotatable bonds is 2. The second-order valence-electron chi connectivity index (χ2n) is 3.20. The van der Waals surface area contributed by atoms with Crippen LogP contribution in [-0.4, -0.2) is 15.0 Å². The monoisotopic (exact) mass is 185 g/mol. The zero-order valence-corrected chi connectivity index (χ0v) is 8.01. The molecule has 0 amide bonds. The smallest absolute Gasteiger partial charge is 0.0646 e. The van der Waals surface area contributed by atoms with Crippen LogP contribution in [0.3, 0.4) is 0 Å². The van der Waals surface area contributed by atoms with E-state index in [-0.39, 0.29) is 0 Å². The maximum atomic E-state index is 4.31. The highest BCUT2D eigenvalue weighted by Gasteiger charge is 1.97. The molecule has 0 N–H and O–H groups in total. The van der Waals surface area contributed by atoms with Crippen molar-refractivity contribution in [1.82, 2.24) is 15.0 Å². The van der Waals surface area contributed by atoms with Crippen molar-refractivity contribution in [2.75, 3.05) is 0 Å². The van der Waals surface area contributed by atoms with Gasteiger partial charge in [0, 0.05) is 36.9 Å². The first-order valence-electron chi connectivity index (χ1n) is 4.51. The van der Waals surface area contributed by atoms with Gasteiger partial charge in [-0.15, -0.1) is 0 Å². The summed E-state index contributed by atoms with van der Waals surface area (Å²) in [6.07, 6.45) is 7.75. The predicted octanol–water partition coefficient (Wildman–Crippen LogP) is 1.77. The molecule has 0 aromatic carbocycles. The van der Waals surface area contributed by atoms with Crippen LogP contribution in [0.2, 0.25) is 0 Å². The van der Waals surface area contributed by atoms with Gasteiger partial charge in [0.05, 0.1) is 5.69 Å². The van der Waals surface area contributed by atoms with Crippen molar-refractivity contribution in [2.24, 2.45) is 0 Å². The quantitative estimate of drug-likeness (QED) is 0.715. The van der Waals surface area contributed by atoms with Crippen molar-refractivity contribution in [1.29, 1.82) is 0 Å². The van der Waals surface area contributed by atoms with E-state index in [4.69, 9.17) is 0 Å². The summed E-state index contributed by atoms with van der Waals surface area (Å²) in [5, 5.41) is 0. The van der Waals surface area contributed by atoms with Crippen LogP contribution in [0.1, 0.15) is 17.0 Å². The summed E-state index contributed by atoms with van der Waals surface area (Å²) >= 11 is 0. The van der Waals surface area contributed by atoms with Gasteiger partial charge >= 0.3 is 0 Å². The van der Waals surface area contributed by atoms with Crippen LogP contribution in [0, 0.1) is 6.92 Å². The number of hydrogen-bond donors (Lipinski definition) is 0. The number of aromatic nitrogens is 3. The third-order valence-corrected chi connectivity index (χ3v) is 1.95. The molecule has 0 atom stereocenters. The van der Waals surface area contributed by atoms with Crippen LogP contribution in [0.4, 0.5) is 0 Å². The fourth-order valence-corrected chi connectivity index (χ4v) is 1.21. The topological polar surface area (TPSA) is 38.7 Å². The van der Waals surface area contributed by atoms with E-state index in [0.717, 1.165) is 17.8 Å². The highest BCUT2D eigenvalue weighted by Crippen LogP contribution is 2.03. The molecule has 0 bridgehead atoms. The molecule has 0 aliphatic rings. The van der Waals surface area contributed by atoms with Crippen LogP contribution >= 0.6 is 0 Å². The van der Waals surface area contributed by atoms with Gasteiger partial charge < -0.3 is 0 Å². The zero-order chi connectivity index (χ0) is 9.80. The Balaban J connectivity index is 2.16. The Labute approximate surface area is 82.9 Å². The number of pyridine rings is 1. The van der Waals surface area contributed by atoms with E-state index in [1.807, 2.05) is 19.2 Å². The van der Waals surface area contributed by atoms with Gasteiger partial charge in [-0.3, -0.25) is 15.0 Å². The highest BCUT2D eigenvalue weighted by atomic mass is 14.8. The van der Waals surface area contributed by atoms with Crippen molar-refractivity contribution >= 4 is 0 Å². The molecule has 0 saturated carbocycles. The second-order valence-corrected chi connectivity index (χ2v) is 3.20. The largest absolute Gasteiger partial charge is 0.261 e. The summed E-state index contributed by atoms with van der Waals surface area (Å²) in [6, 6.07) is 4.07. The van der Waals surface area contributed by atoms with Gasteiger partial charge in [-0.25, -0.2) is 0 Å². The van der Waals surface area contributed by atoms with Gasteiger partial charge in [0.2, 0.25) is 0 Å². The van der Waals surface area contributed by atoms with E-state index >= 15 is 0 Å². The first-order chi connectivity index (χ1) is 6.84. The zero-order valence-electron chi connectivity index (χ0n) is 8.01. The Morgan fingerprint density at radius 3 is 2.57 bits per heavy atom. The standard InChI is InChI=1S/C11H11N3/c1-9-2-3-10(14-7-9)6-11-8-12-4-5-13-11/h2-5,7-8H,6H2,1H3. The Bertz CT molecular complexity index is 395. The first kappa shape index (κ1) is 8.81. The summed E-state index contributed by atoms with van der Waals surface area (Å²) in [5.74, 6) is 0. The molecule has 0 unspecified atom stereocenters. The fraction of sp³-hybridized carbons (Fsp3) is 0.182. The van der Waals surface area contributed by atoms with E-state index in [1.165, 1.54) is 5.56 Å². The van der Waals surface area contributed by atoms with Gasteiger partial charge in [0.1, 0.15) is 0 Å². The maximum absolute atomic E-state index is 4.31. The lowest BCUT2D eigenvalue weighted by Crippen LogP contribution is -1.95. The molecule has 0 saturated heterocycles. The van der Waals surface area contributed by atoms with Crippen LogP contribution in [0.25, 0.3) is 0 Å². The average molecular weight is 185 g/mol. The van der Waals surface area contributed by atoms with Crippen LogP contribution < -0.4 is 0 Å². The number of nitrogens with zero attached hydrogens (tertiary/aromatic N) is 3. The van der Waals surface area contributed by atoms with Crippen molar-refractivity contribution in [3.8, 4) is 0 Å². The van der Waals surface area contributed by atoms with E-state index < -0.39 is 0 Å². The van der Waals surface area contributed by atoms with E-state index in [1.54, 1.807) is 18.6 Å². The molecule has 0 radical (unpaired) electrons. The van der Waals surface area contributed by atoms with Crippen LogP contribution in [-0.2, 0) is 6.42 Å². The van der Waals surface area contributed by atoms with Gasteiger partial charge in [-0.1, -0.05) is 6.07 Å². The molecular formula is C11H11N3. The molecule has 70 valence electrons. The third-order valence-electron chi connectivity index (χ3n) is 1.95. The lowest BCUT2D eigenvalue weighted by molar-refractivity contribution is 0.982. The Hall–Kier alpha value is -1.77. The van der Waals surface area contributed by atoms with Gasteiger partial charge in [0.15, 0.2) is 0 Å². The third kappa shape index (κ3) is 2.13. The van der Waals surface area contributed by atoms with Crippen molar-refractivity contribution in [2.45, 2.75) is 13.3 Å². The molecule has 3 heteroatoms. The van der Waals surface area contributed by atoms with Crippen LogP contribution in [0.15, 0.2) is 36.9 Å². The molecular weight excluding hydrogens is 174 g/mol. The van der Waals surface area contributed by atoms with Crippen molar-refractivity contribution in [3.05, 3.63) is 53.9 Å². The molecule has 0 aliphatic carbocycles. The summed E-state index contributed by atoms with van der Waals surface area (Å²) in [7, 11) is 0. The van der Waals surface area contributed by atoms with E-state index in [9.17, 15) is 0 Å². The number of aryl methyl sites for hydroxylation is 1. The average Bonchev–Trinajstić information content (AvgIpc) is 2.23. The maximum Gasteiger partial charge on any atom is 0.0646 e. The van der Waals surface area contributed by atoms with Gasteiger partial charge in [-0.2, -0.15) is 0 Å². The minimum atomic E-state index is 0.744. The molecule has 2 rings (SSSR count). The van der Waals surface area contributed by atoms with Gasteiger partial charge in [0.25, 0.3) is 0 Å². The number of hydrogen-bond acceptors (Lipinski definition) is 3. The minimum absolute atomic E-state index is 0.744. The molecule has 2 aromatic heterocycles. The fourth-order valence-electron chi connectivity index (χ4n) is 1.21. The first-order valence-corrected chi connectivity index (χ1v) is 4.51. The van der Waals surface area contributed by atoms with Gasteiger partial charge in [-0.05, 0) is 18.6 Å². The Morgan fingerprint density at radius 1 is 1.00 bits per heavy atom. The summed E-state index contributed by atoms with van der Waals surface area (Å²) < 4.78 is 0. The minimum Gasteiger partial charge on any atom is -0.261 e. The highest BCUT2D eigenvalue weighted by molar-refractivity contribution is 5.16. The molecule has 0 aliphatic heterocycles. The SMILES string of the molecule is Cc1ccc(Cc2cnccn2)nc1. The Morgan fingerprint density at radius 2 is 1.93 bits per heavy atom. The molecule has 0 fully saturated rings. The molecule has 0 spiro atoms. The van der Waals surface area contributed by atoms with Crippen molar-refractivity contribution in [3.63, 3.8) is 0 Å². The lowest BCUT2D eigenvalue weighted by Gasteiger charge is -1.99. The summed E-state index contributed by atoms with van der Waals surface area (Å²) in [5.41, 5.74) is 3.15. The Kier molecular flexibility index (Phi) is 2.49.